The summed E-state index contributed by atoms with van der Waals surface area (Å²) in [5.41, 5.74) is 2.66. The van der Waals surface area contributed by atoms with Gasteiger partial charge in [0.05, 0.1) is 11.6 Å². The van der Waals surface area contributed by atoms with Gasteiger partial charge < -0.3 is 9.15 Å². The summed E-state index contributed by atoms with van der Waals surface area (Å²) in [6, 6.07) is 1.86. The number of rotatable bonds is 1. The molecule has 0 spiro atoms. The largest absolute Gasteiger partial charge is 0.495 e. The molecule has 0 fully saturated rings. The quantitative estimate of drug-likeness (QED) is 0.785. The van der Waals surface area contributed by atoms with Crippen LogP contribution in [0, 0.1) is 13.8 Å². The summed E-state index contributed by atoms with van der Waals surface area (Å²) in [4.78, 5) is 4.26. The average Bonchev–Trinajstić information content (AvgIpc) is 2.52. The Balaban J connectivity index is 2.84. The van der Waals surface area contributed by atoms with Gasteiger partial charge in [0.15, 0.2) is 11.5 Å². The molecule has 1 aromatic carbocycles. The van der Waals surface area contributed by atoms with Crippen LogP contribution in [0.1, 0.15) is 11.5 Å². The Morgan fingerprint density at radius 3 is 2.79 bits per heavy atom. The van der Waals surface area contributed by atoms with Crippen LogP contribution in [0.4, 0.5) is 0 Å². The van der Waals surface area contributed by atoms with Crippen LogP contribution < -0.4 is 4.74 Å². The normalized spacial score (nSPS) is 10.9. The van der Waals surface area contributed by atoms with Crippen LogP contribution in [0.15, 0.2) is 15.0 Å². The number of aryl methyl sites for hydroxylation is 2. The SMILES string of the molecule is COc1cc2nc(C)oc2c(C)c1Br. The van der Waals surface area contributed by atoms with E-state index < -0.39 is 0 Å². The number of fused-ring (bicyclic) bond motifs is 1. The minimum atomic E-state index is 0.670. The van der Waals surface area contributed by atoms with Crippen molar-refractivity contribution in [3.05, 3.63) is 22.0 Å². The van der Waals surface area contributed by atoms with E-state index in [9.17, 15) is 0 Å². The molecular formula is C10H10BrNO2. The number of aromatic nitrogens is 1. The van der Waals surface area contributed by atoms with E-state index >= 15 is 0 Å². The summed E-state index contributed by atoms with van der Waals surface area (Å²) in [6.07, 6.45) is 0. The first-order valence-corrected chi connectivity index (χ1v) is 5.03. The Hall–Kier alpha value is -1.03. The lowest BCUT2D eigenvalue weighted by molar-refractivity contribution is 0.412. The molecule has 0 saturated heterocycles. The van der Waals surface area contributed by atoms with Gasteiger partial charge in [-0.25, -0.2) is 4.98 Å². The van der Waals surface area contributed by atoms with Crippen molar-refractivity contribution in [2.24, 2.45) is 0 Å². The van der Waals surface area contributed by atoms with E-state index in [2.05, 4.69) is 20.9 Å². The summed E-state index contributed by atoms with van der Waals surface area (Å²) in [7, 11) is 1.64. The molecule has 1 heterocycles. The van der Waals surface area contributed by atoms with Gasteiger partial charge in [0, 0.05) is 18.6 Å². The Bertz CT molecular complexity index is 490. The molecule has 2 aromatic rings. The number of oxazole rings is 1. The molecule has 2 rings (SSSR count). The lowest BCUT2D eigenvalue weighted by Gasteiger charge is -2.05. The number of methoxy groups -OCH3 is 1. The summed E-state index contributed by atoms with van der Waals surface area (Å²) >= 11 is 3.46. The van der Waals surface area contributed by atoms with Gasteiger partial charge in [-0.3, -0.25) is 0 Å². The van der Waals surface area contributed by atoms with Crippen LogP contribution in [0.2, 0.25) is 0 Å². The number of hydrogen-bond donors (Lipinski definition) is 0. The van der Waals surface area contributed by atoms with Crippen LogP contribution >= 0.6 is 15.9 Å². The lowest BCUT2D eigenvalue weighted by Crippen LogP contribution is -1.87. The van der Waals surface area contributed by atoms with Gasteiger partial charge >= 0.3 is 0 Å². The van der Waals surface area contributed by atoms with Gasteiger partial charge in [0.1, 0.15) is 11.3 Å². The van der Waals surface area contributed by atoms with E-state index in [1.807, 2.05) is 19.9 Å². The summed E-state index contributed by atoms with van der Waals surface area (Å²) in [5.74, 6) is 1.45. The first kappa shape index (κ1) is 9.52. The average molecular weight is 256 g/mol. The lowest BCUT2D eigenvalue weighted by atomic mass is 10.2. The maximum Gasteiger partial charge on any atom is 0.192 e. The molecule has 3 nitrogen and oxygen atoms in total. The third-order valence-electron chi connectivity index (χ3n) is 2.13. The highest BCUT2D eigenvalue weighted by Crippen LogP contribution is 2.34. The van der Waals surface area contributed by atoms with Gasteiger partial charge in [0.2, 0.25) is 0 Å². The highest BCUT2D eigenvalue weighted by Gasteiger charge is 2.12. The Labute approximate surface area is 90.2 Å². The first-order valence-electron chi connectivity index (χ1n) is 4.23. The molecular weight excluding hydrogens is 246 g/mol. The predicted molar refractivity (Wildman–Crippen MR) is 57.7 cm³/mol. The standard InChI is InChI=1S/C10H10BrNO2/c1-5-9(11)8(13-3)4-7-10(5)14-6(2)12-7/h4H,1-3H3. The van der Waals surface area contributed by atoms with Crippen LogP contribution in [-0.2, 0) is 0 Å². The zero-order chi connectivity index (χ0) is 10.3. The van der Waals surface area contributed by atoms with Crippen molar-refractivity contribution in [2.75, 3.05) is 7.11 Å². The topological polar surface area (TPSA) is 35.3 Å². The fourth-order valence-electron chi connectivity index (χ4n) is 1.43. The summed E-state index contributed by atoms with van der Waals surface area (Å²) < 4.78 is 11.6. The van der Waals surface area contributed by atoms with Crippen molar-refractivity contribution in [1.29, 1.82) is 0 Å². The van der Waals surface area contributed by atoms with E-state index in [-0.39, 0.29) is 0 Å². The maximum absolute atomic E-state index is 5.48. The second-order valence-electron chi connectivity index (χ2n) is 3.10. The minimum Gasteiger partial charge on any atom is -0.495 e. The summed E-state index contributed by atoms with van der Waals surface area (Å²) in [5, 5.41) is 0. The van der Waals surface area contributed by atoms with Gasteiger partial charge in [0.25, 0.3) is 0 Å². The molecule has 74 valence electrons. The highest BCUT2D eigenvalue weighted by molar-refractivity contribution is 9.10. The van der Waals surface area contributed by atoms with Gasteiger partial charge in [-0.2, -0.15) is 0 Å². The molecule has 1 aromatic heterocycles. The van der Waals surface area contributed by atoms with E-state index in [0.29, 0.717) is 5.89 Å². The van der Waals surface area contributed by atoms with Crippen LogP contribution in [0.5, 0.6) is 5.75 Å². The Kier molecular flexibility index (Phi) is 2.23. The predicted octanol–water partition coefficient (Wildman–Crippen LogP) is 3.22. The molecule has 14 heavy (non-hydrogen) atoms. The number of hydrogen-bond acceptors (Lipinski definition) is 3. The van der Waals surface area contributed by atoms with Crippen molar-refractivity contribution in [2.45, 2.75) is 13.8 Å². The minimum absolute atomic E-state index is 0.670. The third kappa shape index (κ3) is 1.30. The molecule has 0 aliphatic carbocycles. The molecule has 0 saturated carbocycles. The molecule has 0 aliphatic heterocycles. The Morgan fingerprint density at radius 2 is 2.14 bits per heavy atom. The fourth-order valence-corrected chi connectivity index (χ4v) is 1.89. The van der Waals surface area contributed by atoms with Crippen molar-refractivity contribution in [1.82, 2.24) is 4.98 Å². The molecule has 0 atom stereocenters. The van der Waals surface area contributed by atoms with E-state index in [0.717, 1.165) is 26.9 Å². The smallest absolute Gasteiger partial charge is 0.192 e. The van der Waals surface area contributed by atoms with Gasteiger partial charge in [-0.15, -0.1) is 0 Å². The van der Waals surface area contributed by atoms with Crippen LogP contribution in [0.25, 0.3) is 11.1 Å². The van der Waals surface area contributed by atoms with E-state index in [4.69, 9.17) is 9.15 Å². The molecule has 4 heteroatoms. The second kappa shape index (κ2) is 3.28. The highest BCUT2D eigenvalue weighted by atomic mass is 79.9. The molecule has 0 N–H and O–H groups in total. The van der Waals surface area contributed by atoms with Crippen molar-refractivity contribution >= 4 is 27.0 Å². The maximum atomic E-state index is 5.48. The first-order chi connectivity index (χ1) is 6.63. The van der Waals surface area contributed by atoms with Crippen molar-refractivity contribution in [3.63, 3.8) is 0 Å². The molecule has 0 unspecified atom stereocenters. The van der Waals surface area contributed by atoms with Gasteiger partial charge in [-0.05, 0) is 22.9 Å². The molecule has 0 amide bonds. The summed E-state index contributed by atoms with van der Waals surface area (Å²) in [6.45, 7) is 3.80. The van der Waals surface area contributed by atoms with Crippen molar-refractivity contribution in [3.8, 4) is 5.75 Å². The number of nitrogens with zero attached hydrogens (tertiary/aromatic N) is 1. The van der Waals surface area contributed by atoms with Crippen LogP contribution in [0.3, 0.4) is 0 Å². The Morgan fingerprint density at radius 1 is 1.43 bits per heavy atom. The van der Waals surface area contributed by atoms with E-state index in [1.54, 1.807) is 7.11 Å². The number of benzene rings is 1. The van der Waals surface area contributed by atoms with Crippen LogP contribution in [-0.4, -0.2) is 12.1 Å². The zero-order valence-corrected chi connectivity index (χ0v) is 9.81. The van der Waals surface area contributed by atoms with Crippen molar-refractivity contribution < 1.29 is 9.15 Å². The van der Waals surface area contributed by atoms with E-state index in [1.165, 1.54) is 0 Å². The molecule has 0 radical (unpaired) electrons. The second-order valence-corrected chi connectivity index (χ2v) is 3.89. The molecule has 0 aliphatic rings. The fraction of sp³-hybridized carbons (Fsp3) is 0.300. The van der Waals surface area contributed by atoms with Gasteiger partial charge in [-0.1, -0.05) is 0 Å². The third-order valence-corrected chi connectivity index (χ3v) is 3.12. The number of halogens is 1. The zero-order valence-electron chi connectivity index (χ0n) is 8.22. The number of ether oxygens (including phenoxy) is 1. The molecule has 0 bridgehead atoms. The monoisotopic (exact) mass is 255 g/mol.